The number of hydrogen-bond donors (Lipinski definition) is 1. The second-order valence-electron chi connectivity index (χ2n) is 9.51. The van der Waals surface area contributed by atoms with E-state index in [4.69, 9.17) is 10.6 Å². The topological polar surface area (TPSA) is 81.8 Å². The summed E-state index contributed by atoms with van der Waals surface area (Å²) in [6.45, 7) is 5.39. The van der Waals surface area contributed by atoms with Crippen molar-refractivity contribution in [3.05, 3.63) is 0 Å². The van der Waals surface area contributed by atoms with Crippen LogP contribution in [0.25, 0.3) is 0 Å². The number of rotatable bonds is 3. The van der Waals surface area contributed by atoms with E-state index in [9.17, 15) is 9.59 Å². The number of ketones is 2. The first-order valence-electron chi connectivity index (χ1n) is 10.3. The smallest absolute Gasteiger partial charge is 0.139 e. The molecule has 4 rings (SSSR count). The molecule has 6 heteroatoms. The average Bonchev–Trinajstić information content (AvgIpc) is 2.92. The fourth-order valence-corrected chi connectivity index (χ4v) is 6.89. The molecule has 0 amide bonds. The summed E-state index contributed by atoms with van der Waals surface area (Å²) in [7, 11) is 0. The second-order valence-corrected chi connectivity index (χ2v) is 9.51. The van der Waals surface area contributed by atoms with Gasteiger partial charge in [0, 0.05) is 30.7 Å². The van der Waals surface area contributed by atoms with Crippen LogP contribution in [0, 0.1) is 34.5 Å². The minimum Gasteiger partial charge on any atom is -0.395 e. The van der Waals surface area contributed by atoms with Gasteiger partial charge < -0.3 is 10.6 Å². The maximum Gasteiger partial charge on any atom is 0.139 e. The summed E-state index contributed by atoms with van der Waals surface area (Å²) in [4.78, 5) is 30.9. The van der Waals surface area contributed by atoms with E-state index in [2.05, 4.69) is 19.0 Å². The van der Waals surface area contributed by atoms with E-state index in [1.165, 1.54) is 0 Å². The van der Waals surface area contributed by atoms with Crippen molar-refractivity contribution in [2.45, 2.75) is 65.2 Å². The third-order valence-corrected chi connectivity index (χ3v) is 8.41. The highest BCUT2D eigenvalue weighted by Crippen LogP contribution is 2.64. The number of oxime groups is 1. The molecular formula is C21H33ClN2O3. The Labute approximate surface area is 168 Å². The molecule has 4 aliphatic carbocycles. The molecule has 0 aromatic rings. The number of halogens is 1. The quantitative estimate of drug-likeness (QED) is 0.584. The van der Waals surface area contributed by atoms with Crippen LogP contribution < -0.4 is 5.73 Å². The number of nitrogens with two attached hydrogens (primary N) is 1. The van der Waals surface area contributed by atoms with Gasteiger partial charge in [-0.3, -0.25) is 9.59 Å². The van der Waals surface area contributed by atoms with Crippen LogP contribution in [0.2, 0.25) is 0 Å². The van der Waals surface area contributed by atoms with E-state index in [0.29, 0.717) is 55.3 Å². The molecule has 152 valence electrons. The Bertz CT molecular complexity index is 651. The van der Waals surface area contributed by atoms with Gasteiger partial charge in [0.2, 0.25) is 0 Å². The van der Waals surface area contributed by atoms with Crippen molar-refractivity contribution in [1.29, 1.82) is 0 Å². The van der Waals surface area contributed by atoms with Crippen molar-refractivity contribution >= 4 is 29.7 Å². The van der Waals surface area contributed by atoms with Gasteiger partial charge >= 0.3 is 0 Å². The second kappa shape index (κ2) is 7.47. The van der Waals surface area contributed by atoms with Gasteiger partial charge in [-0.2, -0.15) is 0 Å². The molecule has 0 spiro atoms. The van der Waals surface area contributed by atoms with E-state index < -0.39 is 0 Å². The minimum atomic E-state index is -0.165. The lowest BCUT2D eigenvalue weighted by Gasteiger charge is -2.58. The highest BCUT2D eigenvalue weighted by Gasteiger charge is 2.62. The molecule has 4 aliphatic rings. The monoisotopic (exact) mass is 396 g/mol. The fourth-order valence-electron chi connectivity index (χ4n) is 6.89. The Morgan fingerprint density at radius 2 is 1.89 bits per heavy atom. The largest absolute Gasteiger partial charge is 0.395 e. The molecule has 2 N–H and O–H groups in total. The van der Waals surface area contributed by atoms with Gasteiger partial charge in [-0.05, 0) is 61.7 Å². The predicted octanol–water partition coefficient (Wildman–Crippen LogP) is 3.53. The number of fused-ring (bicyclic) bond motifs is 5. The zero-order valence-corrected chi connectivity index (χ0v) is 17.4. The van der Waals surface area contributed by atoms with E-state index in [0.717, 1.165) is 44.2 Å². The molecule has 0 saturated heterocycles. The van der Waals surface area contributed by atoms with Crippen molar-refractivity contribution in [3.8, 4) is 0 Å². The zero-order valence-electron chi connectivity index (χ0n) is 16.5. The highest BCUT2D eigenvalue weighted by atomic mass is 35.5. The van der Waals surface area contributed by atoms with Crippen molar-refractivity contribution in [2.75, 3.05) is 13.2 Å². The molecule has 4 saturated carbocycles. The van der Waals surface area contributed by atoms with Gasteiger partial charge in [0.15, 0.2) is 0 Å². The molecular weight excluding hydrogens is 364 g/mol. The van der Waals surface area contributed by atoms with Crippen LogP contribution >= 0.6 is 12.4 Å². The van der Waals surface area contributed by atoms with Crippen LogP contribution in [0.1, 0.15) is 65.2 Å². The summed E-state index contributed by atoms with van der Waals surface area (Å²) in [6.07, 6.45) is 7.13. The van der Waals surface area contributed by atoms with Crippen molar-refractivity contribution in [1.82, 2.24) is 0 Å². The van der Waals surface area contributed by atoms with E-state index in [1.54, 1.807) is 0 Å². The summed E-state index contributed by atoms with van der Waals surface area (Å²) in [5, 5.41) is 4.25. The fraction of sp³-hybridized carbons (Fsp3) is 0.857. The number of Topliss-reactive ketones (excluding diaryl/α,β-unsaturated/α-hetero) is 2. The Balaban J connectivity index is 0.00000210. The Morgan fingerprint density at radius 3 is 2.63 bits per heavy atom. The van der Waals surface area contributed by atoms with Crippen LogP contribution in [0.5, 0.6) is 0 Å². The first kappa shape index (κ1) is 20.8. The predicted molar refractivity (Wildman–Crippen MR) is 107 cm³/mol. The standard InChI is InChI=1S/C21H32N2O3.ClH/c1-20-7-5-13(23-26-10-9-22)11-17(20)18(24)12-14-15-3-4-19(25)21(15,2)8-6-16(14)20;/h14-17H,3-12,22H2,1-2H3;1H/t14-,15-,16-,17?,20+,21-;/m0./s1. The highest BCUT2D eigenvalue weighted by molar-refractivity contribution is 5.93. The van der Waals surface area contributed by atoms with Crippen molar-refractivity contribution < 1.29 is 14.4 Å². The molecule has 0 aliphatic heterocycles. The number of hydrogen-bond acceptors (Lipinski definition) is 5. The lowest BCUT2D eigenvalue weighted by molar-refractivity contribution is -0.152. The number of nitrogens with zero attached hydrogens (tertiary/aromatic N) is 1. The molecule has 0 aromatic carbocycles. The summed E-state index contributed by atoms with van der Waals surface area (Å²) in [5.74, 6) is 2.29. The van der Waals surface area contributed by atoms with Crippen molar-refractivity contribution in [2.24, 2.45) is 45.4 Å². The van der Waals surface area contributed by atoms with Crippen LogP contribution in [-0.2, 0) is 14.4 Å². The number of carbonyl (C=O) groups excluding carboxylic acids is 2. The Kier molecular flexibility index (Phi) is 5.75. The van der Waals surface area contributed by atoms with E-state index in [-0.39, 0.29) is 29.2 Å². The van der Waals surface area contributed by atoms with Crippen LogP contribution in [0.3, 0.4) is 0 Å². The summed E-state index contributed by atoms with van der Waals surface area (Å²) in [6, 6.07) is 0. The maximum atomic E-state index is 13.1. The molecule has 4 fully saturated rings. The lowest BCUT2D eigenvalue weighted by atomic mass is 9.45. The zero-order chi connectivity index (χ0) is 18.5. The van der Waals surface area contributed by atoms with Crippen molar-refractivity contribution in [3.63, 3.8) is 0 Å². The first-order valence-corrected chi connectivity index (χ1v) is 10.3. The van der Waals surface area contributed by atoms with Gasteiger partial charge in [-0.25, -0.2) is 0 Å². The van der Waals surface area contributed by atoms with Gasteiger partial charge in [-0.15, -0.1) is 12.4 Å². The lowest BCUT2D eigenvalue weighted by Crippen LogP contribution is -2.56. The summed E-state index contributed by atoms with van der Waals surface area (Å²) < 4.78 is 0. The number of carbonyl (C=O) groups is 2. The van der Waals surface area contributed by atoms with Gasteiger partial charge in [0.1, 0.15) is 18.2 Å². The Morgan fingerprint density at radius 1 is 1.11 bits per heavy atom. The van der Waals surface area contributed by atoms with Gasteiger partial charge in [-0.1, -0.05) is 19.0 Å². The maximum absolute atomic E-state index is 13.1. The third-order valence-electron chi connectivity index (χ3n) is 8.41. The average molecular weight is 397 g/mol. The van der Waals surface area contributed by atoms with E-state index in [1.807, 2.05) is 0 Å². The summed E-state index contributed by atoms with van der Waals surface area (Å²) in [5.41, 5.74) is 6.37. The molecule has 0 bridgehead atoms. The molecule has 0 aromatic heterocycles. The van der Waals surface area contributed by atoms with Crippen LogP contribution in [0.4, 0.5) is 0 Å². The van der Waals surface area contributed by atoms with Gasteiger partial charge in [0.25, 0.3) is 0 Å². The normalized spacial score (nSPS) is 44.9. The molecule has 0 radical (unpaired) electrons. The van der Waals surface area contributed by atoms with E-state index >= 15 is 0 Å². The molecule has 5 nitrogen and oxygen atoms in total. The molecule has 27 heavy (non-hydrogen) atoms. The van der Waals surface area contributed by atoms with Crippen LogP contribution in [0.15, 0.2) is 5.16 Å². The Hall–Kier alpha value is -0.940. The molecule has 1 unspecified atom stereocenters. The molecule has 6 atom stereocenters. The SMILES string of the molecule is C[C@]12CCC(=NOCCN)CC1C(=O)C[C@@H]1[C@@H]2CC[C@]2(C)C(=O)CC[C@@H]12.Cl. The summed E-state index contributed by atoms with van der Waals surface area (Å²) >= 11 is 0. The third kappa shape index (κ3) is 3.15. The minimum absolute atomic E-state index is 0. The molecule has 0 heterocycles. The van der Waals surface area contributed by atoms with Crippen LogP contribution in [-0.4, -0.2) is 30.4 Å². The van der Waals surface area contributed by atoms with Gasteiger partial charge in [0.05, 0.1) is 5.71 Å². The first-order chi connectivity index (χ1) is 12.4.